The van der Waals surface area contributed by atoms with Gasteiger partial charge in [-0.25, -0.2) is 9.37 Å². The number of hydrogen-bond donors (Lipinski definition) is 0. The molecule has 0 N–H and O–H groups in total. The summed E-state index contributed by atoms with van der Waals surface area (Å²) in [7, 11) is 3.19. The third-order valence-electron chi connectivity index (χ3n) is 2.56. The van der Waals surface area contributed by atoms with E-state index in [0.717, 1.165) is 0 Å². The van der Waals surface area contributed by atoms with Gasteiger partial charge in [0.1, 0.15) is 28.1 Å². The van der Waals surface area contributed by atoms with Crippen molar-refractivity contribution in [2.24, 2.45) is 7.05 Å². The highest BCUT2D eigenvalue weighted by Gasteiger charge is 2.17. The molecule has 0 unspecified atom stereocenters. The summed E-state index contributed by atoms with van der Waals surface area (Å²) in [6.45, 7) is 0. The Morgan fingerprint density at radius 2 is 2.22 bits per heavy atom. The number of imidazole rings is 1. The zero-order chi connectivity index (χ0) is 13.3. The minimum atomic E-state index is -0.386. The second kappa shape index (κ2) is 4.78. The first kappa shape index (κ1) is 12.6. The van der Waals surface area contributed by atoms with E-state index in [0.29, 0.717) is 27.4 Å². The molecule has 0 amide bonds. The van der Waals surface area contributed by atoms with Crippen LogP contribution < -0.4 is 4.74 Å². The molecule has 0 bridgehead atoms. The molecular weight excluding hydrogens is 301 g/mol. The molecule has 0 spiro atoms. The Bertz CT molecular complexity index is 646. The van der Waals surface area contributed by atoms with Crippen molar-refractivity contribution < 1.29 is 9.13 Å². The van der Waals surface area contributed by atoms with Gasteiger partial charge in [-0.1, -0.05) is 0 Å². The highest BCUT2D eigenvalue weighted by Crippen LogP contribution is 2.32. The molecular formula is C12H9BrFN3O. The van der Waals surface area contributed by atoms with Gasteiger partial charge in [-0.15, -0.1) is 0 Å². The van der Waals surface area contributed by atoms with Gasteiger partial charge in [0.05, 0.1) is 12.7 Å². The predicted octanol–water partition coefficient (Wildman–Crippen LogP) is 2.87. The quantitative estimate of drug-likeness (QED) is 0.857. The SMILES string of the molecule is COc1ccc(F)cc1-c1nc(Br)c(C#N)n1C. The van der Waals surface area contributed by atoms with Crippen molar-refractivity contribution in [1.82, 2.24) is 9.55 Å². The molecule has 0 saturated heterocycles. The summed E-state index contributed by atoms with van der Waals surface area (Å²) >= 11 is 3.20. The molecule has 0 radical (unpaired) electrons. The van der Waals surface area contributed by atoms with Crippen LogP contribution in [0.15, 0.2) is 22.8 Å². The lowest BCUT2D eigenvalue weighted by Crippen LogP contribution is -1.98. The number of halogens is 2. The lowest BCUT2D eigenvalue weighted by Gasteiger charge is -2.08. The molecule has 0 aliphatic rings. The molecule has 92 valence electrons. The number of benzene rings is 1. The first-order valence-corrected chi connectivity index (χ1v) is 5.84. The van der Waals surface area contributed by atoms with Gasteiger partial charge in [0.25, 0.3) is 0 Å². The van der Waals surface area contributed by atoms with Crippen molar-refractivity contribution >= 4 is 15.9 Å². The van der Waals surface area contributed by atoms with Gasteiger partial charge in [-0.3, -0.25) is 0 Å². The topological polar surface area (TPSA) is 50.8 Å². The molecule has 0 fully saturated rings. The zero-order valence-electron chi connectivity index (χ0n) is 9.74. The molecule has 0 aliphatic carbocycles. The molecule has 0 saturated carbocycles. The van der Waals surface area contributed by atoms with E-state index in [9.17, 15) is 4.39 Å². The third kappa shape index (κ3) is 1.97. The van der Waals surface area contributed by atoms with Gasteiger partial charge in [0.2, 0.25) is 0 Å². The Hall–Kier alpha value is -1.87. The summed E-state index contributed by atoms with van der Waals surface area (Å²) in [6.07, 6.45) is 0. The van der Waals surface area contributed by atoms with E-state index in [-0.39, 0.29) is 5.82 Å². The smallest absolute Gasteiger partial charge is 0.154 e. The number of ether oxygens (including phenoxy) is 1. The first-order valence-electron chi connectivity index (χ1n) is 5.04. The van der Waals surface area contributed by atoms with Crippen molar-refractivity contribution in [3.8, 4) is 23.2 Å². The van der Waals surface area contributed by atoms with Crippen LogP contribution in [0.3, 0.4) is 0 Å². The highest BCUT2D eigenvalue weighted by atomic mass is 79.9. The van der Waals surface area contributed by atoms with Crippen molar-refractivity contribution in [3.05, 3.63) is 34.3 Å². The highest BCUT2D eigenvalue weighted by molar-refractivity contribution is 9.10. The number of aromatic nitrogens is 2. The van der Waals surface area contributed by atoms with Crippen LogP contribution in [0.25, 0.3) is 11.4 Å². The summed E-state index contributed by atoms with van der Waals surface area (Å²) < 4.78 is 20.5. The van der Waals surface area contributed by atoms with Gasteiger partial charge < -0.3 is 9.30 Å². The fourth-order valence-corrected chi connectivity index (χ4v) is 2.20. The summed E-state index contributed by atoms with van der Waals surface area (Å²) in [6, 6.07) is 6.19. The van der Waals surface area contributed by atoms with Crippen LogP contribution >= 0.6 is 15.9 Å². The minimum Gasteiger partial charge on any atom is -0.496 e. The molecule has 4 nitrogen and oxygen atoms in total. The molecule has 0 aliphatic heterocycles. The lowest BCUT2D eigenvalue weighted by atomic mass is 10.2. The van der Waals surface area contributed by atoms with Gasteiger partial charge in [0.15, 0.2) is 5.69 Å². The van der Waals surface area contributed by atoms with Crippen molar-refractivity contribution in [1.29, 1.82) is 5.26 Å². The van der Waals surface area contributed by atoms with E-state index >= 15 is 0 Å². The number of methoxy groups -OCH3 is 1. The molecule has 1 aromatic heterocycles. The monoisotopic (exact) mass is 309 g/mol. The van der Waals surface area contributed by atoms with Crippen LogP contribution in [0.2, 0.25) is 0 Å². The summed E-state index contributed by atoms with van der Waals surface area (Å²) in [5.74, 6) is 0.583. The Labute approximate surface area is 112 Å². The number of nitrogens with zero attached hydrogens (tertiary/aromatic N) is 3. The van der Waals surface area contributed by atoms with Crippen molar-refractivity contribution in [3.63, 3.8) is 0 Å². The fraction of sp³-hybridized carbons (Fsp3) is 0.167. The van der Waals surface area contributed by atoms with E-state index in [1.807, 2.05) is 6.07 Å². The lowest BCUT2D eigenvalue weighted by molar-refractivity contribution is 0.415. The Morgan fingerprint density at radius 1 is 1.50 bits per heavy atom. The minimum absolute atomic E-state index is 0.372. The Balaban J connectivity index is 2.70. The third-order valence-corrected chi connectivity index (χ3v) is 3.11. The van der Waals surface area contributed by atoms with E-state index in [1.165, 1.54) is 25.3 Å². The van der Waals surface area contributed by atoms with Crippen LogP contribution in [-0.2, 0) is 7.05 Å². The fourth-order valence-electron chi connectivity index (χ4n) is 1.68. The molecule has 2 rings (SSSR count). The van der Waals surface area contributed by atoms with Gasteiger partial charge in [0, 0.05) is 7.05 Å². The first-order chi connectivity index (χ1) is 8.58. The van der Waals surface area contributed by atoms with Crippen LogP contribution in [0, 0.1) is 17.1 Å². The average Bonchev–Trinajstić information content (AvgIpc) is 2.64. The van der Waals surface area contributed by atoms with Gasteiger partial charge >= 0.3 is 0 Å². The molecule has 1 aromatic carbocycles. The second-order valence-corrected chi connectivity index (χ2v) is 4.34. The normalized spacial score (nSPS) is 10.2. The van der Waals surface area contributed by atoms with Crippen molar-refractivity contribution in [2.75, 3.05) is 7.11 Å². The molecule has 2 aromatic rings. The summed E-state index contributed by atoms with van der Waals surface area (Å²) in [5, 5.41) is 8.99. The van der Waals surface area contributed by atoms with Crippen LogP contribution in [0.4, 0.5) is 4.39 Å². The van der Waals surface area contributed by atoms with Crippen LogP contribution in [0.1, 0.15) is 5.69 Å². The summed E-state index contributed by atoms with van der Waals surface area (Å²) in [4.78, 5) is 4.21. The second-order valence-electron chi connectivity index (χ2n) is 3.59. The largest absolute Gasteiger partial charge is 0.496 e. The predicted molar refractivity (Wildman–Crippen MR) is 67.6 cm³/mol. The number of nitriles is 1. The van der Waals surface area contributed by atoms with E-state index in [1.54, 1.807) is 11.6 Å². The molecule has 0 atom stereocenters. The Morgan fingerprint density at radius 3 is 2.78 bits per heavy atom. The van der Waals surface area contributed by atoms with Crippen molar-refractivity contribution in [2.45, 2.75) is 0 Å². The maximum Gasteiger partial charge on any atom is 0.154 e. The maximum atomic E-state index is 13.3. The van der Waals surface area contributed by atoms with Gasteiger partial charge in [-0.05, 0) is 34.1 Å². The van der Waals surface area contributed by atoms with E-state index in [4.69, 9.17) is 10.00 Å². The standard InChI is InChI=1S/C12H9BrFN3O/c1-17-9(6-15)11(13)16-12(17)8-5-7(14)3-4-10(8)18-2/h3-5H,1-2H3. The number of rotatable bonds is 2. The van der Waals surface area contributed by atoms with E-state index < -0.39 is 0 Å². The molecule has 1 heterocycles. The van der Waals surface area contributed by atoms with Crippen LogP contribution in [0.5, 0.6) is 5.75 Å². The Kier molecular flexibility index (Phi) is 3.34. The maximum absolute atomic E-state index is 13.3. The zero-order valence-corrected chi connectivity index (χ0v) is 11.3. The van der Waals surface area contributed by atoms with Gasteiger partial charge in [-0.2, -0.15) is 5.26 Å². The summed E-state index contributed by atoms with van der Waals surface area (Å²) in [5.41, 5.74) is 0.874. The molecule has 18 heavy (non-hydrogen) atoms. The van der Waals surface area contributed by atoms with E-state index in [2.05, 4.69) is 20.9 Å². The number of hydrogen-bond acceptors (Lipinski definition) is 3. The van der Waals surface area contributed by atoms with Crippen LogP contribution in [-0.4, -0.2) is 16.7 Å². The average molecular weight is 310 g/mol. The molecule has 6 heteroatoms.